The first-order chi connectivity index (χ1) is 10.2. The average molecular weight is 350 g/mol. The number of halogens is 1. The molecule has 0 fully saturated rings. The molecule has 0 bridgehead atoms. The molecule has 2 rings (SSSR count). The van der Waals surface area contributed by atoms with Crippen LogP contribution >= 0.6 is 15.9 Å². The van der Waals surface area contributed by atoms with Gasteiger partial charge in [-0.05, 0) is 48.4 Å². The summed E-state index contributed by atoms with van der Waals surface area (Å²) in [6, 6.07) is 13.8. The van der Waals surface area contributed by atoms with Gasteiger partial charge in [-0.3, -0.25) is 0 Å². The van der Waals surface area contributed by atoms with Gasteiger partial charge in [-0.15, -0.1) is 0 Å². The predicted molar refractivity (Wildman–Crippen MR) is 88.8 cm³/mol. The summed E-state index contributed by atoms with van der Waals surface area (Å²) >= 11 is 3.48. The Kier molecular flexibility index (Phi) is 6.08. The van der Waals surface area contributed by atoms with Gasteiger partial charge in [-0.25, -0.2) is 0 Å². The first kappa shape index (κ1) is 15.9. The van der Waals surface area contributed by atoms with E-state index in [0.29, 0.717) is 19.8 Å². The first-order valence-corrected chi connectivity index (χ1v) is 7.79. The summed E-state index contributed by atoms with van der Waals surface area (Å²) < 4.78 is 12.5. The zero-order valence-electron chi connectivity index (χ0n) is 12.1. The van der Waals surface area contributed by atoms with E-state index in [-0.39, 0.29) is 0 Å². The molecule has 2 N–H and O–H groups in total. The van der Waals surface area contributed by atoms with Crippen molar-refractivity contribution in [2.75, 3.05) is 13.2 Å². The van der Waals surface area contributed by atoms with Crippen LogP contribution in [0, 0.1) is 6.92 Å². The van der Waals surface area contributed by atoms with Crippen LogP contribution in [0.1, 0.15) is 17.5 Å². The molecule has 112 valence electrons. The lowest BCUT2D eigenvalue weighted by molar-refractivity contribution is 0.247. The average Bonchev–Trinajstić information content (AvgIpc) is 2.50. The second-order valence-corrected chi connectivity index (χ2v) is 5.67. The third-order valence-corrected chi connectivity index (χ3v) is 3.98. The van der Waals surface area contributed by atoms with Crippen LogP contribution < -0.4 is 15.2 Å². The molecule has 0 saturated carbocycles. The maximum absolute atomic E-state index is 5.70. The Hall–Kier alpha value is -1.52. The Morgan fingerprint density at radius 3 is 2.38 bits per heavy atom. The largest absolute Gasteiger partial charge is 0.493 e. The number of aryl methyl sites for hydroxylation is 1. The van der Waals surface area contributed by atoms with Gasteiger partial charge in [0.1, 0.15) is 11.5 Å². The zero-order chi connectivity index (χ0) is 15.1. The summed E-state index contributed by atoms with van der Waals surface area (Å²) in [4.78, 5) is 0. The topological polar surface area (TPSA) is 44.5 Å². The van der Waals surface area contributed by atoms with E-state index < -0.39 is 0 Å². The molecule has 0 aliphatic carbocycles. The van der Waals surface area contributed by atoms with Gasteiger partial charge in [0.05, 0.1) is 13.2 Å². The molecule has 0 aliphatic rings. The van der Waals surface area contributed by atoms with Crippen molar-refractivity contribution in [2.24, 2.45) is 5.73 Å². The normalized spacial score (nSPS) is 10.4. The van der Waals surface area contributed by atoms with Gasteiger partial charge in [-0.2, -0.15) is 0 Å². The standard InChI is InChI=1S/C17H20BrNO2/c1-13-10-16(6-7-17(13)18)21-9-3-8-20-15-5-2-4-14(11-15)12-19/h2,4-7,10-11H,3,8-9,12,19H2,1H3. The van der Waals surface area contributed by atoms with Crippen LogP contribution in [0.2, 0.25) is 0 Å². The summed E-state index contributed by atoms with van der Waals surface area (Å²) in [5.74, 6) is 1.75. The van der Waals surface area contributed by atoms with Crippen LogP contribution in [-0.2, 0) is 6.54 Å². The van der Waals surface area contributed by atoms with Gasteiger partial charge >= 0.3 is 0 Å². The Balaban J connectivity index is 1.71. The van der Waals surface area contributed by atoms with Crippen molar-refractivity contribution in [1.29, 1.82) is 0 Å². The summed E-state index contributed by atoms with van der Waals surface area (Å²) in [6.07, 6.45) is 0.835. The summed E-state index contributed by atoms with van der Waals surface area (Å²) in [5, 5.41) is 0. The number of benzene rings is 2. The molecule has 21 heavy (non-hydrogen) atoms. The third-order valence-electron chi connectivity index (χ3n) is 3.09. The van der Waals surface area contributed by atoms with Gasteiger partial charge in [0.15, 0.2) is 0 Å². The Bertz CT molecular complexity index is 587. The highest BCUT2D eigenvalue weighted by Crippen LogP contribution is 2.21. The van der Waals surface area contributed by atoms with Crippen molar-refractivity contribution in [3.8, 4) is 11.5 Å². The molecule has 0 unspecified atom stereocenters. The van der Waals surface area contributed by atoms with Gasteiger partial charge in [0, 0.05) is 17.4 Å². The first-order valence-electron chi connectivity index (χ1n) is 7.00. The molecular formula is C17H20BrNO2. The summed E-state index contributed by atoms with van der Waals surface area (Å²) in [7, 11) is 0. The molecule has 0 heterocycles. The van der Waals surface area contributed by atoms with Crippen molar-refractivity contribution >= 4 is 15.9 Å². The minimum Gasteiger partial charge on any atom is -0.493 e. The molecule has 2 aromatic rings. The minimum atomic E-state index is 0.531. The van der Waals surface area contributed by atoms with E-state index in [1.807, 2.05) is 49.4 Å². The fraction of sp³-hybridized carbons (Fsp3) is 0.294. The van der Waals surface area contributed by atoms with E-state index in [4.69, 9.17) is 15.2 Å². The Morgan fingerprint density at radius 2 is 1.71 bits per heavy atom. The second-order valence-electron chi connectivity index (χ2n) is 4.81. The molecule has 0 saturated heterocycles. The highest BCUT2D eigenvalue weighted by molar-refractivity contribution is 9.10. The van der Waals surface area contributed by atoms with E-state index in [1.54, 1.807) is 0 Å². The number of hydrogen-bond donors (Lipinski definition) is 1. The smallest absolute Gasteiger partial charge is 0.119 e. The monoisotopic (exact) mass is 349 g/mol. The van der Waals surface area contributed by atoms with Crippen LogP contribution in [-0.4, -0.2) is 13.2 Å². The second kappa shape index (κ2) is 8.05. The van der Waals surface area contributed by atoms with E-state index in [0.717, 1.165) is 28.0 Å². The van der Waals surface area contributed by atoms with Crippen molar-refractivity contribution in [2.45, 2.75) is 19.9 Å². The lowest BCUT2D eigenvalue weighted by atomic mass is 10.2. The third kappa shape index (κ3) is 5.06. The molecule has 0 aliphatic heterocycles. The van der Waals surface area contributed by atoms with Crippen molar-refractivity contribution in [3.63, 3.8) is 0 Å². The lowest BCUT2D eigenvalue weighted by Crippen LogP contribution is -2.05. The van der Waals surface area contributed by atoms with Crippen molar-refractivity contribution in [1.82, 2.24) is 0 Å². The fourth-order valence-corrected chi connectivity index (χ4v) is 2.15. The van der Waals surface area contributed by atoms with E-state index in [2.05, 4.69) is 15.9 Å². The number of nitrogens with two attached hydrogens (primary N) is 1. The molecule has 0 spiro atoms. The molecule has 2 aromatic carbocycles. The van der Waals surface area contributed by atoms with E-state index in [9.17, 15) is 0 Å². The molecule has 0 aromatic heterocycles. The van der Waals surface area contributed by atoms with Crippen LogP contribution in [0.4, 0.5) is 0 Å². The maximum Gasteiger partial charge on any atom is 0.119 e. The zero-order valence-corrected chi connectivity index (χ0v) is 13.7. The molecule has 0 amide bonds. The molecule has 4 heteroatoms. The van der Waals surface area contributed by atoms with E-state index in [1.165, 1.54) is 5.56 Å². The number of hydrogen-bond acceptors (Lipinski definition) is 3. The van der Waals surface area contributed by atoms with Gasteiger partial charge in [-0.1, -0.05) is 28.1 Å². The van der Waals surface area contributed by atoms with Crippen LogP contribution in [0.5, 0.6) is 11.5 Å². The van der Waals surface area contributed by atoms with Gasteiger partial charge in [0.2, 0.25) is 0 Å². The van der Waals surface area contributed by atoms with Crippen molar-refractivity contribution in [3.05, 3.63) is 58.1 Å². The summed E-state index contributed by atoms with van der Waals surface area (Å²) in [5.41, 5.74) is 7.85. The van der Waals surface area contributed by atoms with Gasteiger partial charge in [0.25, 0.3) is 0 Å². The van der Waals surface area contributed by atoms with Gasteiger partial charge < -0.3 is 15.2 Å². The molecule has 0 atom stereocenters. The Labute approximate surface area is 134 Å². The Morgan fingerprint density at radius 1 is 1.00 bits per heavy atom. The number of ether oxygens (including phenoxy) is 2. The highest BCUT2D eigenvalue weighted by atomic mass is 79.9. The SMILES string of the molecule is Cc1cc(OCCCOc2cccc(CN)c2)ccc1Br. The molecule has 3 nitrogen and oxygen atoms in total. The maximum atomic E-state index is 5.70. The predicted octanol–water partition coefficient (Wildman–Crippen LogP) is 4.06. The quantitative estimate of drug-likeness (QED) is 0.766. The fourth-order valence-electron chi connectivity index (χ4n) is 1.91. The minimum absolute atomic E-state index is 0.531. The highest BCUT2D eigenvalue weighted by Gasteiger charge is 1.99. The van der Waals surface area contributed by atoms with Crippen molar-refractivity contribution < 1.29 is 9.47 Å². The molecule has 0 radical (unpaired) electrons. The lowest BCUT2D eigenvalue weighted by Gasteiger charge is -2.09. The number of rotatable bonds is 7. The summed E-state index contributed by atoms with van der Waals surface area (Å²) in [6.45, 7) is 3.84. The van der Waals surface area contributed by atoms with Crippen LogP contribution in [0.15, 0.2) is 46.9 Å². The van der Waals surface area contributed by atoms with Crippen LogP contribution in [0.3, 0.4) is 0 Å². The van der Waals surface area contributed by atoms with Crippen LogP contribution in [0.25, 0.3) is 0 Å². The van der Waals surface area contributed by atoms with E-state index >= 15 is 0 Å². The molecular weight excluding hydrogens is 330 g/mol.